The third kappa shape index (κ3) is 5.51. The van der Waals surface area contributed by atoms with Gasteiger partial charge >= 0.3 is 0 Å². The van der Waals surface area contributed by atoms with E-state index >= 15 is 0 Å². The Bertz CT molecular complexity index is 823. The van der Waals surface area contributed by atoms with Crippen molar-refractivity contribution in [2.75, 3.05) is 52.4 Å². The number of hydrogen-bond donors (Lipinski definition) is 0. The average Bonchev–Trinajstić information content (AvgIpc) is 3.26. The number of carbonyl (C=O) groups excluding carboxylic acids is 3. The molecule has 0 spiro atoms. The van der Waals surface area contributed by atoms with E-state index in [2.05, 4.69) is 4.90 Å². The summed E-state index contributed by atoms with van der Waals surface area (Å²) in [7, 11) is 0. The normalized spacial score (nSPS) is 19.5. The van der Waals surface area contributed by atoms with Gasteiger partial charge in [0.2, 0.25) is 11.8 Å². The Kier molecular flexibility index (Phi) is 8.19. The quantitative estimate of drug-likeness (QED) is 0.643. The lowest BCUT2D eigenvalue weighted by molar-refractivity contribution is -0.138. The molecule has 0 bridgehead atoms. The molecule has 31 heavy (non-hydrogen) atoms. The number of likely N-dealkylation sites (N-methyl/N-ethyl adjacent to an activating group) is 1. The number of carbonyl (C=O) groups is 3. The van der Waals surface area contributed by atoms with Crippen LogP contribution in [-0.2, 0) is 9.59 Å². The number of rotatable bonds is 6. The van der Waals surface area contributed by atoms with Gasteiger partial charge in [0.15, 0.2) is 0 Å². The van der Waals surface area contributed by atoms with Crippen LogP contribution >= 0.6 is 23.2 Å². The molecule has 0 aliphatic carbocycles. The number of amides is 3. The summed E-state index contributed by atoms with van der Waals surface area (Å²) < 4.78 is 0. The molecule has 1 aromatic rings. The standard InChI is InChI=1S/C22H30Cl2N4O3/c1-3-26(4-2)20(29)15-25-10-12-27(13-11-25)22(31)19-6-5-9-28(19)21(30)16-7-8-17(23)18(24)14-16/h7-8,14,19H,3-6,9-13,15H2,1-2H3. The number of likely N-dealkylation sites (tertiary alicyclic amines) is 1. The van der Waals surface area contributed by atoms with Crippen molar-refractivity contribution >= 4 is 40.9 Å². The molecule has 170 valence electrons. The Morgan fingerprint density at radius 3 is 2.29 bits per heavy atom. The van der Waals surface area contributed by atoms with Crippen LogP contribution in [0, 0.1) is 0 Å². The van der Waals surface area contributed by atoms with E-state index in [0.717, 1.165) is 6.42 Å². The first-order valence-corrected chi connectivity index (χ1v) is 11.7. The third-order valence-corrected chi connectivity index (χ3v) is 6.86. The molecule has 9 heteroatoms. The molecule has 2 saturated heterocycles. The molecule has 7 nitrogen and oxygen atoms in total. The lowest BCUT2D eigenvalue weighted by Gasteiger charge is -2.37. The van der Waals surface area contributed by atoms with Gasteiger partial charge in [-0.25, -0.2) is 0 Å². The van der Waals surface area contributed by atoms with Crippen molar-refractivity contribution in [1.82, 2.24) is 19.6 Å². The average molecular weight is 469 g/mol. The third-order valence-electron chi connectivity index (χ3n) is 6.12. The molecule has 1 unspecified atom stereocenters. The smallest absolute Gasteiger partial charge is 0.254 e. The number of benzene rings is 1. The minimum Gasteiger partial charge on any atom is -0.342 e. The molecule has 0 saturated carbocycles. The van der Waals surface area contributed by atoms with Gasteiger partial charge in [0.05, 0.1) is 16.6 Å². The van der Waals surface area contributed by atoms with E-state index in [-0.39, 0.29) is 17.7 Å². The van der Waals surface area contributed by atoms with Gasteiger partial charge in [-0.3, -0.25) is 19.3 Å². The fourth-order valence-electron chi connectivity index (χ4n) is 4.27. The van der Waals surface area contributed by atoms with Crippen molar-refractivity contribution in [3.8, 4) is 0 Å². The maximum absolute atomic E-state index is 13.2. The summed E-state index contributed by atoms with van der Waals surface area (Å²) in [6.45, 7) is 8.75. The second kappa shape index (κ2) is 10.7. The predicted octanol–water partition coefficient (Wildman–Crippen LogP) is 2.61. The lowest BCUT2D eigenvalue weighted by Crippen LogP contribution is -2.55. The summed E-state index contributed by atoms with van der Waals surface area (Å²) in [4.78, 5) is 45.9. The van der Waals surface area contributed by atoms with E-state index in [1.54, 1.807) is 23.1 Å². The zero-order valence-corrected chi connectivity index (χ0v) is 19.7. The molecular weight excluding hydrogens is 439 g/mol. The second-order valence-corrected chi connectivity index (χ2v) is 8.77. The zero-order valence-electron chi connectivity index (χ0n) is 18.1. The van der Waals surface area contributed by atoms with Crippen molar-refractivity contribution in [3.05, 3.63) is 33.8 Å². The van der Waals surface area contributed by atoms with Gasteiger partial charge in [-0.15, -0.1) is 0 Å². The summed E-state index contributed by atoms with van der Waals surface area (Å²) in [6.07, 6.45) is 1.45. The Hall–Kier alpha value is -1.83. The van der Waals surface area contributed by atoms with Gasteiger partial charge in [-0.1, -0.05) is 23.2 Å². The summed E-state index contributed by atoms with van der Waals surface area (Å²) >= 11 is 12.0. The summed E-state index contributed by atoms with van der Waals surface area (Å²) in [5.74, 6) is -0.0857. The van der Waals surface area contributed by atoms with E-state index in [1.807, 2.05) is 23.6 Å². The molecule has 3 amide bonds. The molecule has 3 rings (SSSR count). The van der Waals surface area contributed by atoms with Gasteiger partial charge in [0.1, 0.15) is 6.04 Å². The molecule has 0 radical (unpaired) electrons. The Morgan fingerprint density at radius 2 is 1.68 bits per heavy atom. The summed E-state index contributed by atoms with van der Waals surface area (Å²) in [5, 5.41) is 0.717. The Labute approximate surface area is 193 Å². The molecule has 2 fully saturated rings. The highest BCUT2D eigenvalue weighted by Crippen LogP contribution is 2.26. The maximum Gasteiger partial charge on any atom is 0.254 e. The van der Waals surface area contributed by atoms with Gasteiger partial charge in [-0.2, -0.15) is 0 Å². The molecule has 2 aliphatic heterocycles. The van der Waals surface area contributed by atoms with Crippen LogP contribution in [0.2, 0.25) is 10.0 Å². The number of nitrogens with zero attached hydrogens (tertiary/aromatic N) is 4. The number of piperazine rings is 1. The van der Waals surface area contributed by atoms with Crippen molar-refractivity contribution in [2.45, 2.75) is 32.7 Å². The molecule has 2 heterocycles. The minimum absolute atomic E-state index is 0.0133. The van der Waals surface area contributed by atoms with E-state index < -0.39 is 6.04 Å². The second-order valence-electron chi connectivity index (χ2n) is 7.95. The van der Waals surface area contributed by atoms with Crippen molar-refractivity contribution in [1.29, 1.82) is 0 Å². The first-order valence-electron chi connectivity index (χ1n) is 10.9. The molecule has 2 aliphatic rings. The lowest BCUT2D eigenvalue weighted by atomic mass is 10.1. The van der Waals surface area contributed by atoms with Crippen LogP contribution in [0.4, 0.5) is 0 Å². The van der Waals surface area contributed by atoms with Crippen LogP contribution in [0.25, 0.3) is 0 Å². The topological polar surface area (TPSA) is 64.2 Å². The first-order chi connectivity index (χ1) is 14.8. The van der Waals surface area contributed by atoms with E-state index in [0.29, 0.717) is 74.4 Å². The molecule has 1 atom stereocenters. The van der Waals surface area contributed by atoms with Crippen molar-refractivity contribution in [2.24, 2.45) is 0 Å². The SMILES string of the molecule is CCN(CC)C(=O)CN1CCN(C(=O)C2CCCN2C(=O)c2ccc(Cl)c(Cl)c2)CC1. The maximum atomic E-state index is 13.2. The Morgan fingerprint density at radius 1 is 1.00 bits per heavy atom. The van der Waals surface area contributed by atoms with Crippen LogP contribution in [0.1, 0.15) is 37.0 Å². The monoisotopic (exact) mass is 468 g/mol. The highest BCUT2D eigenvalue weighted by atomic mass is 35.5. The predicted molar refractivity (Wildman–Crippen MR) is 121 cm³/mol. The van der Waals surface area contributed by atoms with E-state index in [4.69, 9.17) is 23.2 Å². The van der Waals surface area contributed by atoms with Crippen LogP contribution < -0.4 is 0 Å². The first kappa shape index (κ1) is 23.8. The number of hydrogen-bond acceptors (Lipinski definition) is 4. The molecular formula is C22H30Cl2N4O3. The van der Waals surface area contributed by atoms with Crippen LogP contribution in [0.3, 0.4) is 0 Å². The molecule has 0 aromatic heterocycles. The van der Waals surface area contributed by atoms with Gasteiger partial charge in [0, 0.05) is 51.4 Å². The van der Waals surface area contributed by atoms with Gasteiger partial charge in [-0.05, 0) is 44.9 Å². The molecule has 0 N–H and O–H groups in total. The van der Waals surface area contributed by atoms with Crippen LogP contribution in [0.15, 0.2) is 18.2 Å². The largest absolute Gasteiger partial charge is 0.342 e. The van der Waals surface area contributed by atoms with Crippen molar-refractivity contribution in [3.63, 3.8) is 0 Å². The summed E-state index contributed by atoms with van der Waals surface area (Å²) in [6, 6.07) is 4.34. The zero-order chi connectivity index (χ0) is 22.5. The molecule has 1 aromatic carbocycles. The van der Waals surface area contributed by atoms with Crippen LogP contribution in [-0.4, -0.2) is 95.7 Å². The highest BCUT2D eigenvalue weighted by molar-refractivity contribution is 6.42. The van der Waals surface area contributed by atoms with E-state index in [9.17, 15) is 14.4 Å². The van der Waals surface area contributed by atoms with E-state index in [1.165, 1.54) is 0 Å². The highest BCUT2D eigenvalue weighted by Gasteiger charge is 2.38. The number of halogens is 2. The fraction of sp³-hybridized carbons (Fsp3) is 0.591. The van der Waals surface area contributed by atoms with Crippen LogP contribution in [0.5, 0.6) is 0 Å². The minimum atomic E-state index is -0.453. The van der Waals surface area contributed by atoms with Crippen molar-refractivity contribution < 1.29 is 14.4 Å². The Balaban J connectivity index is 1.58. The summed E-state index contributed by atoms with van der Waals surface area (Å²) in [5.41, 5.74) is 0.439. The van der Waals surface area contributed by atoms with Gasteiger partial charge in [0.25, 0.3) is 5.91 Å². The fourth-order valence-corrected chi connectivity index (χ4v) is 4.56. The van der Waals surface area contributed by atoms with Gasteiger partial charge < -0.3 is 14.7 Å².